The van der Waals surface area contributed by atoms with Gasteiger partial charge >= 0.3 is 0 Å². The molecule has 0 bridgehead atoms. The molecule has 20 heavy (non-hydrogen) atoms. The third-order valence-corrected chi connectivity index (χ3v) is 3.31. The van der Waals surface area contributed by atoms with E-state index in [1.54, 1.807) is 25.1 Å². The summed E-state index contributed by atoms with van der Waals surface area (Å²) in [5.74, 6) is 0.382. The zero-order valence-electron chi connectivity index (χ0n) is 11.3. The van der Waals surface area contributed by atoms with E-state index in [-0.39, 0.29) is 5.82 Å². The van der Waals surface area contributed by atoms with Gasteiger partial charge < -0.3 is 5.73 Å². The average Bonchev–Trinajstić information content (AvgIpc) is 2.42. The van der Waals surface area contributed by atoms with Crippen LogP contribution in [0.15, 0.2) is 36.4 Å². The van der Waals surface area contributed by atoms with Crippen molar-refractivity contribution in [1.29, 1.82) is 0 Å². The van der Waals surface area contributed by atoms with Gasteiger partial charge in [-0.25, -0.2) is 14.4 Å². The molecule has 0 saturated carbocycles. The summed E-state index contributed by atoms with van der Waals surface area (Å²) in [4.78, 5) is 8.66. The highest BCUT2D eigenvalue weighted by Gasteiger charge is 2.12. The number of aromatic nitrogens is 2. The van der Waals surface area contributed by atoms with E-state index >= 15 is 0 Å². The minimum atomic E-state index is -0.307. The van der Waals surface area contributed by atoms with Gasteiger partial charge in [0, 0.05) is 5.39 Å². The number of fused-ring (bicyclic) bond motifs is 1. The first kappa shape index (κ1) is 12.5. The SMILES string of the molecule is Cc1ccc2nc(-c3cccc(C)c3F)nc(N)c2c1. The van der Waals surface area contributed by atoms with Gasteiger partial charge in [-0.05, 0) is 37.6 Å². The molecule has 1 aromatic heterocycles. The molecule has 0 unspecified atom stereocenters. The van der Waals surface area contributed by atoms with Gasteiger partial charge in [-0.3, -0.25) is 0 Å². The molecule has 0 aliphatic heterocycles. The van der Waals surface area contributed by atoms with E-state index in [9.17, 15) is 4.39 Å². The van der Waals surface area contributed by atoms with Crippen LogP contribution in [0.25, 0.3) is 22.3 Å². The first-order chi connectivity index (χ1) is 9.56. The van der Waals surface area contributed by atoms with Crippen LogP contribution in [0.2, 0.25) is 0 Å². The number of rotatable bonds is 1. The largest absolute Gasteiger partial charge is 0.383 e. The highest BCUT2D eigenvalue weighted by molar-refractivity contribution is 5.90. The smallest absolute Gasteiger partial charge is 0.165 e. The summed E-state index contributed by atoms with van der Waals surface area (Å²) in [6.45, 7) is 3.69. The lowest BCUT2D eigenvalue weighted by Gasteiger charge is -2.08. The number of hydrogen-bond donors (Lipinski definition) is 1. The van der Waals surface area contributed by atoms with Crippen molar-refractivity contribution in [3.8, 4) is 11.4 Å². The van der Waals surface area contributed by atoms with E-state index in [1.807, 2.05) is 25.1 Å². The minimum absolute atomic E-state index is 0.307. The van der Waals surface area contributed by atoms with Gasteiger partial charge in [0.25, 0.3) is 0 Å². The molecule has 0 fully saturated rings. The zero-order chi connectivity index (χ0) is 14.3. The van der Waals surface area contributed by atoms with E-state index in [0.29, 0.717) is 22.8 Å². The Morgan fingerprint density at radius 2 is 1.85 bits per heavy atom. The molecule has 2 aromatic carbocycles. The number of hydrogen-bond acceptors (Lipinski definition) is 3. The van der Waals surface area contributed by atoms with Crippen molar-refractivity contribution in [2.45, 2.75) is 13.8 Å². The topological polar surface area (TPSA) is 51.8 Å². The first-order valence-corrected chi connectivity index (χ1v) is 6.35. The van der Waals surface area contributed by atoms with Crippen molar-refractivity contribution in [2.75, 3.05) is 5.73 Å². The number of nitrogens with zero attached hydrogens (tertiary/aromatic N) is 2. The highest BCUT2D eigenvalue weighted by Crippen LogP contribution is 2.26. The summed E-state index contributed by atoms with van der Waals surface area (Å²) in [5, 5.41) is 0.793. The fourth-order valence-corrected chi connectivity index (χ4v) is 2.21. The third-order valence-electron chi connectivity index (χ3n) is 3.31. The molecule has 0 saturated heterocycles. The Labute approximate surface area is 116 Å². The third kappa shape index (κ3) is 1.99. The van der Waals surface area contributed by atoms with Gasteiger partial charge in [-0.2, -0.15) is 0 Å². The van der Waals surface area contributed by atoms with Gasteiger partial charge in [0.05, 0.1) is 11.1 Å². The number of aryl methyl sites for hydroxylation is 2. The second-order valence-electron chi connectivity index (χ2n) is 4.89. The fourth-order valence-electron chi connectivity index (χ4n) is 2.21. The van der Waals surface area contributed by atoms with Crippen LogP contribution < -0.4 is 5.73 Å². The van der Waals surface area contributed by atoms with E-state index in [0.717, 1.165) is 16.5 Å². The maximum absolute atomic E-state index is 14.2. The van der Waals surface area contributed by atoms with Crippen LogP contribution in [-0.4, -0.2) is 9.97 Å². The van der Waals surface area contributed by atoms with Gasteiger partial charge in [0.15, 0.2) is 5.82 Å². The van der Waals surface area contributed by atoms with Crippen molar-refractivity contribution in [3.63, 3.8) is 0 Å². The molecule has 3 rings (SSSR count). The lowest BCUT2D eigenvalue weighted by Crippen LogP contribution is -2.00. The predicted octanol–water partition coefficient (Wildman–Crippen LogP) is 3.63. The second kappa shape index (κ2) is 4.56. The fraction of sp³-hybridized carbons (Fsp3) is 0.125. The summed E-state index contributed by atoms with van der Waals surface area (Å²) in [7, 11) is 0. The number of halogens is 1. The van der Waals surface area contributed by atoms with Crippen molar-refractivity contribution < 1.29 is 4.39 Å². The zero-order valence-corrected chi connectivity index (χ0v) is 11.3. The number of nitrogens with two attached hydrogens (primary N) is 1. The van der Waals surface area contributed by atoms with Gasteiger partial charge in [0.2, 0.25) is 0 Å². The Hall–Kier alpha value is -2.49. The number of anilines is 1. The van der Waals surface area contributed by atoms with Crippen LogP contribution in [0.4, 0.5) is 10.2 Å². The lowest BCUT2D eigenvalue weighted by atomic mass is 10.1. The first-order valence-electron chi connectivity index (χ1n) is 6.35. The maximum atomic E-state index is 14.2. The Morgan fingerprint density at radius 3 is 2.65 bits per heavy atom. The predicted molar refractivity (Wildman–Crippen MR) is 78.8 cm³/mol. The summed E-state index contributed by atoms with van der Waals surface area (Å²) < 4.78 is 14.2. The van der Waals surface area contributed by atoms with Crippen molar-refractivity contribution >= 4 is 16.7 Å². The van der Waals surface area contributed by atoms with Crippen LogP contribution in [0.3, 0.4) is 0 Å². The van der Waals surface area contributed by atoms with E-state index in [1.165, 1.54) is 0 Å². The summed E-state index contributed by atoms with van der Waals surface area (Å²) in [6.07, 6.45) is 0. The highest BCUT2D eigenvalue weighted by atomic mass is 19.1. The molecule has 3 aromatic rings. The van der Waals surface area contributed by atoms with Crippen LogP contribution in [0.1, 0.15) is 11.1 Å². The quantitative estimate of drug-likeness (QED) is 0.732. The molecule has 0 aliphatic rings. The Kier molecular flexibility index (Phi) is 2.86. The molecule has 1 heterocycles. The minimum Gasteiger partial charge on any atom is -0.383 e. The summed E-state index contributed by atoms with van der Waals surface area (Å²) in [6, 6.07) is 10.9. The molecule has 2 N–H and O–H groups in total. The van der Waals surface area contributed by atoms with Gasteiger partial charge in [-0.1, -0.05) is 23.8 Å². The molecule has 4 heteroatoms. The Bertz CT molecular complexity index is 812. The lowest BCUT2D eigenvalue weighted by molar-refractivity contribution is 0.621. The molecule has 3 nitrogen and oxygen atoms in total. The average molecular weight is 267 g/mol. The molecule has 0 aliphatic carbocycles. The normalized spacial score (nSPS) is 10.9. The van der Waals surface area contributed by atoms with Crippen LogP contribution in [0, 0.1) is 19.7 Å². The van der Waals surface area contributed by atoms with E-state index in [4.69, 9.17) is 5.73 Å². The molecular formula is C16H14FN3. The monoisotopic (exact) mass is 267 g/mol. The van der Waals surface area contributed by atoms with Crippen molar-refractivity contribution in [1.82, 2.24) is 9.97 Å². The van der Waals surface area contributed by atoms with Gasteiger partial charge in [0.1, 0.15) is 11.6 Å². The molecule has 0 amide bonds. The standard InChI is InChI=1S/C16H14FN3/c1-9-6-7-13-12(8-9)15(18)20-16(19-13)11-5-3-4-10(2)14(11)17/h3-8H,1-2H3,(H2,18,19,20). The maximum Gasteiger partial charge on any atom is 0.165 e. The molecule has 0 radical (unpaired) electrons. The number of benzene rings is 2. The van der Waals surface area contributed by atoms with Crippen molar-refractivity contribution in [2.24, 2.45) is 0 Å². The Balaban J connectivity index is 2.28. The van der Waals surface area contributed by atoms with Crippen molar-refractivity contribution in [3.05, 3.63) is 53.3 Å². The summed E-state index contributed by atoms with van der Waals surface area (Å²) in [5.41, 5.74) is 8.72. The second-order valence-corrected chi connectivity index (χ2v) is 4.89. The van der Waals surface area contributed by atoms with Crippen LogP contribution in [0.5, 0.6) is 0 Å². The number of nitrogen functional groups attached to an aromatic ring is 1. The molecule has 0 spiro atoms. The van der Waals surface area contributed by atoms with Crippen LogP contribution >= 0.6 is 0 Å². The molecule has 0 atom stereocenters. The van der Waals surface area contributed by atoms with E-state index in [2.05, 4.69) is 9.97 Å². The van der Waals surface area contributed by atoms with E-state index < -0.39 is 0 Å². The van der Waals surface area contributed by atoms with Gasteiger partial charge in [-0.15, -0.1) is 0 Å². The Morgan fingerprint density at radius 1 is 1.05 bits per heavy atom. The summed E-state index contributed by atoms with van der Waals surface area (Å²) >= 11 is 0. The van der Waals surface area contributed by atoms with Crippen LogP contribution in [-0.2, 0) is 0 Å². The molecule has 100 valence electrons. The molecular weight excluding hydrogens is 253 g/mol.